The van der Waals surface area contributed by atoms with Crippen LogP contribution in [0.25, 0.3) is 0 Å². The van der Waals surface area contributed by atoms with Crippen LogP contribution in [0.1, 0.15) is 86.5 Å². The van der Waals surface area contributed by atoms with Gasteiger partial charge in [0.15, 0.2) is 0 Å². The smallest absolute Gasteiger partial charge is 0.0578 e. The number of rotatable bonds is 4. The maximum Gasteiger partial charge on any atom is 0.0578 e. The Morgan fingerprint density at radius 1 is 0.931 bits per heavy atom. The summed E-state index contributed by atoms with van der Waals surface area (Å²) in [4.78, 5) is 0. The van der Waals surface area contributed by atoms with Crippen molar-refractivity contribution < 1.29 is 5.11 Å². The summed E-state index contributed by atoms with van der Waals surface area (Å²) in [5, 5.41) is 10.2. The number of aliphatic hydroxyl groups excluding tert-OH is 1. The van der Waals surface area contributed by atoms with Gasteiger partial charge in [-0.25, -0.2) is 0 Å². The highest BCUT2D eigenvalue weighted by Crippen LogP contribution is 2.65. The summed E-state index contributed by atoms with van der Waals surface area (Å²) >= 11 is 0. The standard InChI is InChI=1S/C28H44O/c1-18(2)19(3)7-8-20(4)24-11-12-25-23-10-9-21-17-22(29)13-15-27(21,5)26(23)14-16-28(24,25)6/h7-10,18-20,22,24-26,29H,11-17H2,1-6H3/b8-7-/t19?,20-,22+,24-,25+,26+,27+,28-/m1/s1. The molecule has 0 aliphatic heterocycles. The van der Waals surface area contributed by atoms with Gasteiger partial charge in [0.1, 0.15) is 0 Å². The number of allylic oxidation sites excluding steroid dienone is 5. The molecule has 8 atom stereocenters. The van der Waals surface area contributed by atoms with Gasteiger partial charge in [0.25, 0.3) is 0 Å². The number of hydrogen-bond donors (Lipinski definition) is 1. The van der Waals surface area contributed by atoms with Gasteiger partial charge in [-0.3, -0.25) is 0 Å². The lowest BCUT2D eigenvalue weighted by Gasteiger charge is -2.55. The van der Waals surface area contributed by atoms with E-state index in [9.17, 15) is 5.11 Å². The van der Waals surface area contributed by atoms with Gasteiger partial charge in [0.2, 0.25) is 0 Å². The summed E-state index contributed by atoms with van der Waals surface area (Å²) in [6, 6.07) is 0. The summed E-state index contributed by atoms with van der Waals surface area (Å²) in [6.45, 7) is 14.6. The minimum Gasteiger partial charge on any atom is -0.393 e. The fourth-order valence-corrected chi connectivity index (χ4v) is 7.59. The van der Waals surface area contributed by atoms with Crippen LogP contribution in [-0.2, 0) is 0 Å². The van der Waals surface area contributed by atoms with E-state index in [1.54, 1.807) is 5.57 Å². The van der Waals surface area contributed by atoms with Crippen LogP contribution in [0.15, 0.2) is 35.5 Å². The van der Waals surface area contributed by atoms with E-state index in [4.69, 9.17) is 0 Å². The first kappa shape index (κ1) is 21.4. The second-order valence-corrected chi connectivity index (χ2v) is 11.9. The number of aliphatic hydroxyl groups is 1. The Balaban J connectivity index is 1.57. The quantitative estimate of drug-likeness (QED) is 0.493. The zero-order valence-electron chi connectivity index (χ0n) is 19.7. The average molecular weight is 397 g/mol. The third-order valence-corrected chi connectivity index (χ3v) is 10.0. The van der Waals surface area contributed by atoms with Crippen molar-refractivity contribution in [2.45, 2.75) is 92.6 Å². The van der Waals surface area contributed by atoms with Crippen LogP contribution < -0.4 is 0 Å². The first-order chi connectivity index (χ1) is 13.7. The van der Waals surface area contributed by atoms with E-state index < -0.39 is 0 Å². The van der Waals surface area contributed by atoms with E-state index in [0.29, 0.717) is 22.7 Å². The van der Waals surface area contributed by atoms with Crippen LogP contribution in [-0.4, -0.2) is 11.2 Å². The van der Waals surface area contributed by atoms with Crippen molar-refractivity contribution in [2.75, 3.05) is 0 Å². The van der Waals surface area contributed by atoms with Crippen molar-refractivity contribution in [3.8, 4) is 0 Å². The molecule has 162 valence electrons. The third-order valence-electron chi connectivity index (χ3n) is 10.0. The van der Waals surface area contributed by atoms with Gasteiger partial charge in [-0.05, 0) is 91.3 Å². The molecule has 0 spiro atoms. The predicted octanol–water partition coefficient (Wildman–Crippen LogP) is 7.33. The molecule has 0 aromatic heterocycles. The molecule has 0 bridgehead atoms. The molecule has 1 unspecified atom stereocenters. The third kappa shape index (κ3) is 3.50. The zero-order valence-corrected chi connectivity index (χ0v) is 19.7. The van der Waals surface area contributed by atoms with Gasteiger partial charge in [-0.1, -0.05) is 77.0 Å². The van der Waals surface area contributed by atoms with Gasteiger partial charge in [0, 0.05) is 0 Å². The maximum absolute atomic E-state index is 10.2. The van der Waals surface area contributed by atoms with Gasteiger partial charge >= 0.3 is 0 Å². The highest BCUT2D eigenvalue weighted by Gasteiger charge is 2.56. The van der Waals surface area contributed by atoms with Gasteiger partial charge in [-0.2, -0.15) is 0 Å². The predicted molar refractivity (Wildman–Crippen MR) is 123 cm³/mol. The van der Waals surface area contributed by atoms with Crippen molar-refractivity contribution in [3.05, 3.63) is 35.5 Å². The van der Waals surface area contributed by atoms with Crippen LogP contribution in [0.5, 0.6) is 0 Å². The second-order valence-electron chi connectivity index (χ2n) is 11.9. The zero-order chi connectivity index (χ0) is 21.0. The molecule has 0 radical (unpaired) electrons. The van der Waals surface area contributed by atoms with Crippen molar-refractivity contribution in [1.82, 2.24) is 0 Å². The van der Waals surface area contributed by atoms with Gasteiger partial charge in [-0.15, -0.1) is 0 Å². The summed E-state index contributed by atoms with van der Waals surface area (Å²) < 4.78 is 0. The minimum absolute atomic E-state index is 0.116. The summed E-state index contributed by atoms with van der Waals surface area (Å²) in [5.41, 5.74) is 4.07. The molecule has 4 aliphatic rings. The van der Waals surface area contributed by atoms with Gasteiger partial charge < -0.3 is 5.11 Å². The van der Waals surface area contributed by atoms with Crippen molar-refractivity contribution >= 4 is 0 Å². The lowest BCUT2D eigenvalue weighted by molar-refractivity contribution is 0.0382. The molecule has 4 aliphatic carbocycles. The SMILES string of the molecule is CC(C)C(C)/C=C\[C@@H](C)[C@H]1CC[C@H]2C3=CC=C4C[C@@H](O)CC[C@]4(C)[C@H]3CC[C@]12C. The van der Waals surface area contributed by atoms with E-state index in [1.807, 2.05) is 0 Å². The molecule has 0 aromatic carbocycles. The molecule has 1 heteroatoms. The van der Waals surface area contributed by atoms with Crippen LogP contribution in [0.3, 0.4) is 0 Å². The van der Waals surface area contributed by atoms with Crippen LogP contribution in [0.2, 0.25) is 0 Å². The maximum atomic E-state index is 10.2. The van der Waals surface area contributed by atoms with E-state index in [0.717, 1.165) is 36.5 Å². The topological polar surface area (TPSA) is 20.2 Å². The normalized spacial score (nSPS) is 44.0. The van der Waals surface area contributed by atoms with Crippen LogP contribution in [0.4, 0.5) is 0 Å². The van der Waals surface area contributed by atoms with E-state index >= 15 is 0 Å². The lowest BCUT2D eigenvalue weighted by Crippen LogP contribution is -2.46. The Kier molecular flexibility index (Phi) is 5.69. The number of hydrogen-bond acceptors (Lipinski definition) is 1. The highest BCUT2D eigenvalue weighted by molar-refractivity contribution is 5.39. The van der Waals surface area contributed by atoms with Crippen LogP contribution in [0, 0.1) is 46.3 Å². The van der Waals surface area contributed by atoms with Crippen molar-refractivity contribution in [1.29, 1.82) is 0 Å². The Labute approximate surface area is 179 Å². The molecular weight excluding hydrogens is 352 g/mol. The lowest BCUT2D eigenvalue weighted by atomic mass is 9.50. The Bertz CT molecular complexity index is 712. The fourth-order valence-electron chi connectivity index (χ4n) is 7.59. The van der Waals surface area contributed by atoms with E-state index in [1.165, 1.54) is 37.7 Å². The molecule has 0 heterocycles. The van der Waals surface area contributed by atoms with E-state index in [-0.39, 0.29) is 6.10 Å². The first-order valence-corrected chi connectivity index (χ1v) is 12.4. The second kappa shape index (κ2) is 7.70. The Morgan fingerprint density at radius 3 is 2.41 bits per heavy atom. The average Bonchev–Trinajstić information content (AvgIpc) is 3.03. The largest absolute Gasteiger partial charge is 0.393 e. The molecule has 1 nitrogen and oxygen atoms in total. The Morgan fingerprint density at radius 2 is 1.69 bits per heavy atom. The fraction of sp³-hybridized carbons (Fsp3) is 0.786. The summed E-state index contributed by atoms with van der Waals surface area (Å²) in [7, 11) is 0. The highest BCUT2D eigenvalue weighted by atomic mass is 16.3. The molecular formula is C28H44O. The number of fused-ring (bicyclic) bond motifs is 5. The van der Waals surface area contributed by atoms with E-state index in [2.05, 4.69) is 65.8 Å². The minimum atomic E-state index is -0.116. The molecule has 3 fully saturated rings. The molecule has 1 N–H and O–H groups in total. The monoisotopic (exact) mass is 396 g/mol. The summed E-state index contributed by atoms with van der Waals surface area (Å²) in [5.74, 6) is 4.38. The molecule has 0 aromatic rings. The molecule has 4 rings (SSSR count). The van der Waals surface area contributed by atoms with Gasteiger partial charge in [0.05, 0.1) is 6.10 Å². The summed E-state index contributed by atoms with van der Waals surface area (Å²) in [6.07, 6.45) is 18.4. The molecule has 0 saturated heterocycles. The molecule has 0 amide bonds. The van der Waals surface area contributed by atoms with Crippen molar-refractivity contribution in [3.63, 3.8) is 0 Å². The molecule has 29 heavy (non-hydrogen) atoms. The Hall–Kier alpha value is -0.820. The molecule has 3 saturated carbocycles. The van der Waals surface area contributed by atoms with Crippen molar-refractivity contribution in [2.24, 2.45) is 46.3 Å². The van der Waals surface area contributed by atoms with Crippen LogP contribution >= 0.6 is 0 Å². The first-order valence-electron chi connectivity index (χ1n) is 12.4.